The lowest BCUT2D eigenvalue weighted by atomic mass is 10.1. The second-order valence-corrected chi connectivity index (χ2v) is 3.31. The fourth-order valence-corrected chi connectivity index (χ4v) is 1.35. The first kappa shape index (κ1) is 11.0. The van der Waals surface area contributed by atoms with Crippen molar-refractivity contribution in [1.82, 2.24) is 5.16 Å². The lowest BCUT2D eigenvalue weighted by molar-refractivity contribution is 0.187. The summed E-state index contributed by atoms with van der Waals surface area (Å²) >= 11 is 0. The third kappa shape index (κ3) is 2.54. The maximum Gasteiger partial charge on any atom is 0.411 e. The fraction of sp³-hybridized carbons (Fsp3) is 0.0909. The van der Waals surface area contributed by atoms with Gasteiger partial charge in [-0.3, -0.25) is 5.32 Å². The third-order valence-electron chi connectivity index (χ3n) is 2.12. The number of nitrogens with zero attached hydrogens (tertiary/aromatic N) is 1. The van der Waals surface area contributed by atoms with Crippen molar-refractivity contribution in [3.63, 3.8) is 0 Å². The van der Waals surface area contributed by atoms with E-state index >= 15 is 0 Å². The minimum Gasteiger partial charge on any atom is -0.453 e. The highest BCUT2D eigenvalue weighted by Gasteiger charge is 2.06. The van der Waals surface area contributed by atoms with Gasteiger partial charge in [-0.05, 0) is 12.1 Å². The molecule has 1 aromatic carbocycles. The average Bonchev–Trinajstić information content (AvgIpc) is 2.76. The lowest BCUT2D eigenvalue weighted by Crippen LogP contribution is -2.10. The van der Waals surface area contributed by atoms with Crippen molar-refractivity contribution in [2.75, 3.05) is 18.2 Å². The summed E-state index contributed by atoms with van der Waals surface area (Å²) < 4.78 is 9.28. The van der Waals surface area contributed by atoms with E-state index in [0.29, 0.717) is 11.4 Å². The Bertz CT molecular complexity index is 536. The van der Waals surface area contributed by atoms with E-state index in [9.17, 15) is 4.79 Å². The molecule has 17 heavy (non-hydrogen) atoms. The van der Waals surface area contributed by atoms with Crippen LogP contribution in [0.5, 0.6) is 0 Å². The van der Waals surface area contributed by atoms with Gasteiger partial charge in [0.15, 0.2) is 0 Å². The van der Waals surface area contributed by atoms with E-state index in [-0.39, 0.29) is 5.88 Å². The van der Waals surface area contributed by atoms with Crippen LogP contribution in [0.25, 0.3) is 11.3 Å². The summed E-state index contributed by atoms with van der Waals surface area (Å²) in [5, 5.41) is 6.34. The maximum atomic E-state index is 11.0. The van der Waals surface area contributed by atoms with E-state index in [0.717, 1.165) is 5.56 Å². The first-order valence-corrected chi connectivity index (χ1v) is 4.86. The number of ether oxygens (including phenoxy) is 1. The number of nitrogens with one attached hydrogen (secondary N) is 1. The van der Waals surface area contributed by atoms with Crippen LogP contribution in [0.1, 0.15) is 0 Å². The third-order valence-corrected chi connectivity index (χ3v) is 2.12. The lowest BCUT2D eigenvalue weighted by Gasteiger charge is -2.04. The largest absolute Gasteiger partial charge is 0.453 e. The zero-order valence-electron chi connectivity index (χ0n) is 9.14. The van der Waals surface area contributed by atoms with Crippen molar-refractivity contribution in [1.29, 1.82) is 0 Å². The van der Waals surface area contributed by atoms with E-state index in [1.807, 2.05) is 6.07 Å². The highest BCUT2D eigenvalue weighted by atomic mass is 16.5. The molecule has 0 unspecified atom stereocenters. The summed E-state index contributed by atoms with van der Waals surface area (Å²) in [6, 6.07) is 8.71. The molecular formula is C11H11N3O3. The van der Waals surface area contributed by atoms with Crippen LogP contribution in [0.2, 0.25) is 0 Å². The van der Waals surface area contributed by atoms with Gasteiger partial charge in [0.2, 0.25) is 5.88 Å². The van der Waals surface area contributed by atoms with Gasteiger partial charge in [-0.25, -0.2) is 4.79 Å². The minimum atomic E-state index is -0.526. The fourth-order valence-electron chi connectivity index (χ4n) is 1.35. The van der Waals surface area contributed by atoms with Crippen LogP contribution in [0.15, 0.2) is 34.9 Å². The van der Waals surface area contributed by atoms with Gasteiger partial charge >= 0.3 is 6.09 Å². The molecule has 0 atom stereocenters. The standard InChI is InChI=1S/C11H11N3O3/c1-16-11(15)13-8-4-2-3-7(5-8)9-6-10(12)17-14-9/h2-6H,12H2,1H3,(H,13,15). The number of hydrogen-bond acceptors (Lipinski definition) is 5. The van der Waals surface area contributed by atoms with Gasteiger partial charge in [0.25, 0.3) is 0 Å². The second kappa shape index (κ2) is 4.56. The predicted octanol–water partition coefficient (Wildman–Crippen LogP) is 2.10. The number of hydrogen-bond donors (Lipinski definition) is 2. The Morgan fingerprint density at radius 2 is 2.29 bits per heavy atom. The molecule has 0 saturated carbocycles. The summed E-state index contributed by atoms with van der Waals surface area (Å²) in [5.41, 5.74) is 7.44. The molecule has 2 aromatic rings. The Morgan fingerprint density at radius 1 is 1.47 bits per heavy atom. The smallest absolute Gasteiger partial charge is 0.411 e. The molecule has 0 radical (unpaired) electrons. The molecule has 0 spiro atoms. The van der Waals surface area contributed by atoms with E-state index in [2.05, 4.69) is 15.2 Å². The van der Waals surface area contributed by atoms with Crippen molar-refractivity contribution in [3.8, 4) is 11.3 Å². The van der Waals surface area contributed by atoms with Crippen LogP contribution in [0, 0.1) is 0 Å². The molecular weight excluding hydrogens is 222 g/mol. The Hall–Kier alpha value is -2.50. The van der Waals surface area contributed by atoms with E-state index < -0.39 is 6.09 Å². The Morgan fingerprint density at radius 3 is 2.94 bits per heavy atom. The van der Waals surface area contributed by atoms with Crippen LogP contribution in [0.3, 0.4) is 0 Å². The topological polar surface area (TPSA) is 90.4 Å². The number of nitrogen functional groups attached to an aromatic ring is 1. The van der Waals surface area contributed by atoms with Crippen LogP contribution in [-0.4, -0.2) is 18.4 Å². The Kier molecular flexibility index (Phi) is 2.95. The SMILES string of the molecule is COC(=O)Nc1cccc(-c2cc(N)on2)c1. The number of nitrogens with two attached hydrogens (primary N) is 1. The molecule has 6 nitrogen and oxygen atoms in total. The average molecular weight is 233 g/mol. The van der Waals surface area contributed by atoms with Gasteiger partial charge in [0.1, 0.15) is 5.69 Å². The zero-order chi connectivity index (χ0) is 12.3. The summed E-state index contributed by atoms with van der Waals surface area (Å²) in [6.07, 6.45) is -0.526. The minimum absolute atomic E-state index is 0.242. The number of benzene rings is 1. The molecule has 1 aromatic heterocycles. The van der Waals surface area contributed by atoms with Crippen LogP contribution in [0.4, 0.5) is 16.4 Å². The maximum absolute atomic E-state index is 11.0. The van der Waals surface area contributed by atoms with E-state index in [1.54, 1.807) is 24.3 Å². The van der Waals surface area contributed by atoms with E-state index in [1.165, 1.54) is 7.11 Å². The molecule has 6 heteroatoms. The number of rotatable bonds is 2. The molecule has 0 aliphatic heterocycles. The molecule has 88 valence electrons. The van der Waals surface area contributed by atoms with Crippen molar-refractivity contribution in [3.05, 3.63) is 30.3 Å². The van der Waals surface area contributed by atoms with Gasteiger partial charge in [-0.1, -0.05) is 17.3 Å². The number of aromatic nitrogens is 1. The second-order valence-electron chi connectivity index (χ2n) is 3.31. The molecule has 0 aliphatic rings. The van der Waals surface area contributed by atoms with Gasteiger partial charge in [-0.2, -0.15) is 0 Å². The molecule has 0 aliphatic carbocycles. The molecule has 0 bridgehead atoms. The molecule has 0 fully saturated rings. The highest BCUT2D eigenvalue weighted by Crippen LogP contribution is 2.23. The number of anilines is 2. The first-order valence-electron chi connectivity index (χ1n) is 4.86. The Balaban J connectivity index is 2.25. The van der Waals surface area contributed by atoms with Crippen LogP contribution < -0.4 is 11.1 Å². The molecule has 2 rings (SSSR count). The quantitative estimate of drug-likeness (QED) is 0.828. The summed E-state index contributed by atoms with van der Waals surface area (Å²) in [5.74, 6) is 0.242. The van der Waals surface area contributed by atoms with Crippen molar-refractivity contribution in [2.24, 2.45) is 0 Å². The van der Waals surface area contributed by atoms with Gasteiger partial charge < -0.3 is 15.0 Å². The molecule has 1 amide bonds. The highest BCUT2D eigenvalue weighted by molar-refractivity contribution is 5.85. The number of carbonyl (C=O) groups is 1. The monoisotopic (exact) mass is 233 g/mol. The molecule has 1 heterocycles. The summed E-state index contributed by atoms with van der Waals surface area (Å²) in [7, 11) is 1.30. The number of amides is 1. The van der Waals surface area contributed by atoms with Crippen molar-refractivity contribution < 1.29 is 14.1 Å². The predicted molar refractivity (Wildman–Crippen MR) is 62.4 cm³/mol. The van der Waals surface area contributed by atoms with E-state index in [4.69, 9.17) is 10.3 Å². The first-order chi connectivity index (χ1) is 8.19. The summed E-state index contributed by atoms with van der Waals surface area (Å²) in [6.45, 7) is 0. The Labute approximate surface area is 97.3 Å². The van der Waals surface area contributed by atoms with Crippen molar-refractivity contribution >= 4 is 17.7 Å². The number of methoxy groups -OCH3 is 1. The van der Waals surface area contributed by atoms with Gasteiger partial charge in [-0.15, -0.1) is 0 Å². The molecule has 0 saturated heterocycles. The molecule has 3 N–H and O–H groups in total. The van der Waals surface area contributed by atoms with Crippen LogP contribution >= 0.6 is 0 Å². The zero-order valence-corrected chi connectivity index (χ0v) is 9.14. The van der Waals surface area contributed by atoms with Crippen LogP contribution in [-0.2, 0) is 4.74 Å². The normalized spacial score (nSPS) is 9.94. The van der Waals surface area contributed by atoms with Crippen molar-refractivity contribution in [2.45, 2.75) is 0 Å². The van der Waals surface area contributed by atoms with Gasteiger partial charge in [0, 0.05) is 17.3 Å². The number of carbonyl (C=O) groups excluding carboxylic acids is 1. The summed E-state index contributed by atoms with van der Waals surface area (Å²) in [4.78, 5) is 11.0. The van der Waals surface area contributed by atoms with Gasteiger partial charge in [0.05, 0.1) is 7.11 Å².